The van der Waals surface area contributed by atoms with Crippen molar-refractivity contribution in [2.24, 2.45) is 0 Å². The molecule has 1 saturated heterocycles. The monoisotopic (exact) mass is 261 g/mol. The zero-order valence-corrected chi connectivity index (χ0v) is 11.1. The van der Waals surface area contributed by atoms with Gasteiger partial charge in [0.15, 0.2) is 0 Å². The molecule has 94 valence electrons. The maximum absolute atomic E-state index is 11.8. The highest BCUT2D eigenvalue weighted by atomic mass is 32.2. The van der Waals surface area contributed by atoms with Crippen LogP contribution in [0.1, 0.15) is 18.9 Å². The zero-order chi connectivity index (χ0) is 13.0. The lowest BCUT2D eigenvalue weighted by molar-refractivity contribution is -0.126. The van der Waals surface area contributed by atoms with Gasteiger partial charge in [0.2, 0.25) is 5.91 Å². The Bertz CT molecular complexity index is 482. The number of amides is 2. The molecule has 0 aliphatic carbocycles. The van der Waals surface area contributed by atoms with Gasteiger partial charge in [-0.3, -0.25) is 14.5 Å². The smallest absolute Gasteiger partial charge is 0.274 e. The van der Waals surface area contributed by atoms with E-state index in [2.05, 4.69) is 0 Å². The highest BCUT2D eigenvalue weighted by molar-refractivity contribution is 8.13. The molecule has 1 aliphatic rings. The molecule has 1 fully saturated rings. The Morgan fingerprint density at radius 1 is 1.39 bits per heavy atom. The lowest BCUT2D eigenvalue weighted by atomic mass is 10.1. The topological polar surface area (TPSA) is 37.4 Å². The summed E-state index contributed by atoms with van der Waals surface area (Å²) in [5.41, 5.74) is 2.16. The second-order valence-electron chi connectivity index (χ2n) is 4.12. The molecule has 0 N–H and O–H groups in total. The molecule has 4 heteroatoms. The molecule has 1 aromatic rings. The van der Waals surface area contributed by atoms with E-state index in [1.165, 1.54) is 16.7 Å². The Kier molecular flexibility index (Phi) is 4.20. The van der Waals surface area contributed by atoms with Crippen molar-refractivity contribution < 1.29 is 9.59 Å². The predicted octanol–water partition coefficient (Wildman–Crippen LogP) is 3.18. The molecular formula is C14H15NO2S. The fraction of sp³-hybridized carbons (Fsp3) is 0.286. The van der Waals surface area contributed by atoms with Crippen molar-refractivity contribution in [3.8, 4) is 0 Å². The van der Waals surface area contributed by atoms with E-state index in [0.29, 0.717) is 12.3 Å². The van der Waals surface area contributed by atoms with Crippen LogP contribution in [0.25, 0.3) is 5.57 Å². The van der Waals surface area contributed by atoms with Gasteiger partial charge < -0.3 is 0 Å². The molecule has 0 unspecified atom stereocenters. The van der Waals surface area contributed by atoms with Crippen molar-refractivity contribution in [1.29, 1.82) is 0 Å². The number of carbonyl (C=O) groups excluding carboxylic acids is 2. The molecule has 1 aromatic carbocycles. The Hall–Kier alpha value is -1.55. The standard InChI is InChI=1S/C14H15NO2S/c1-11(12-5-3-2-4-6-12)7-8-13(16)15-9-10-18-14(15)17/h2-7H,8-10H2,1H3/b11-7+. The average Bonchev–Trinajstić information content (AvgIpc) is 2.83. The quantitative estimate of drug-likeness (QED) is 0.838. The van der Waals surface area contributed by atoms with Crippen LogP contribution in [0.3, 0.4) is 0 Å². The van der Waals surface area contributed by atoms with E-state index >= 15 is 0 Å². The van der Waals surface area contributed by atoms with Crippen LogP contribution in [0.15, 0.2) is 36.4 Å². The van der Waals surface area contributed by atoms with Crippen LogP contribution < -0.4 is 0 Å². The molecule has 0 bridgehead atoms. The van der Waals surface area contributed by atoms with E-state index in [0.717, 1.165) is 11.1 Å². The van der Waals surface area contributed by atoms with Gasteiger partial charge in [-0.15, -0.1) is 0 Å². The van der Waals surface area contributed by atoms with Crippen molar-refractivity contribution in [2.75, 3.05) is 12.3 Å². The van der Waals surface area contributed by atoms with E-state index in [4.69, 9.17) is 0 Å². The van der Waals surface area contributed by atoms with Crippen LogP contribution in [0, 0.1) is 0 Å². The lowest BCUT2D eigenvalue weighted by Gasteiger charge is -2.11. The first kappa shape index (κ1) is 12.9. The van der Waals surface area contributed by atoms with Gasteiger partial charge in [-0.1, -0.05) is 48.2 Å². The molecule has 0 radical (unpaired) electrons. The van der Waals surface area contributed by atoms with E-state index in [9.17, 15) is 9.59 Å². The van der Waals surface area contributed by atoms with E-state index in [1.807, 2.05) is 43.3 Å². The molecule has 0 aromatic heterocycles. The number of hydrogen-bond donors (Lipinski definition) is 0. The molecule has 18 heavy (non-hydrogen) atoms. The molecule has 1 aliphatic heterocycles. The van der Waals surface area contributed by atoms with Gasteiger partial charge in [0, 0.05) is 18.7 Å². The third kappa shape index (κ3) is 3.01. The Morgan fingerprint density at radius 2 is 2.11 bits per heavy atom. The Labute approximate surface area is 111 Å². The van der Waals surface area contributed by atoms with E-state index < -0.39 is 0 Å². The number of nitrogens with zero attached hydrogens (tertiary/aromatic N) is 1. The fourth-order valence-electron chi connectivity index (χ4n) is 1.79. The molecule has 0 atom stereocenters. The summed E-state index contributed by atoms with van der Waals surface area (Å²) in [6.07, 6.45) is 2.17. The Balaban J connectivity index is 1.98. The van der Waals surface area contributed by atoms with Gasteiger partial charge in [-0.25, -0.2) is 0 Å². The molecular weight excluding hydrogens is 246 g/mol. The van der Waals surface area contributed by atoms with Crippen molar-refractivity contribution >= 4 is 28.5 Å². The minimum atomic E-state index is -0.120. The normalized spacial score (nSPS) is 16.2. The maximum atomic E-state index is 11.8. The lowest BCUT2D eigenvalue weighted by Crippen LogP contribution is -2.30. The predicted molar refractivity (Wildman–Crippen MR) is 74.3 cm³/mol. The summed E-state index contributed by atoms with van der Waals surface area (Å²) in [5, 5.41) is -0.120. The minimum absolute atomic E-state index is 0.111. The van der Waals surface area contributed by atoms with Crippen LogP contribution in [0.2, 0.25) is 0 Å². The van der Waals surface area contributed by atoms with Crippen LogP contribution in [-0.2, 0) is 4.79 Å². The van der Waals surface area contributed by atoms with Crippen molar-refractivity contribution in [1.82, 2.24) is 4.90 Å². The number of thioether (sulfide) groups is 1. The summed E-state index contributed by atoms with van der Waals surface area (Å²) in [4.78, 5) is 24.5. The van der Waals surface area contributed by atoms with Gasteiger partial charge in [0.25, 0.3) is 5.24 Å². The molecule has 3 nitrogen and oxygen atoms in total. The first-order chi connectivity index (χ1) is 8.68. The molecule has 0 spiro atoms. The van der Waals surface area contributed by atoms with Gasteiger partial charge in [-0.2, -0.15) is 0 Å². The van der Waals surface area contributed by atoms with Crippen molar-refractivity contribution in [3.05, 3.63) is 42.0 Å². The minimum Gasteiger partial charge on any atom is -0.274 e. The summed E-state index contributed by atoms with van der Waals surface area (Å²) in [6.45, 7) is 2.52. The van der Waals surface area contributed by atoms with Gasteiger partial charge >= 0.3 is 0 Å². The SMILES string of the molecule is C/C(=C\CC(=O)N1CCSC1=O)c1ccccc1. The highest BCUT2D eigenvalue weighted by Gasteiger charge is 2.26. The first-order valence-corrected chi connectivity index (χ1v) is 6.86. The zero-order valence-electron chi connectivity index (χ0n) is 10.3. The van der Waals surface area contributed by atoms with Gasteiger partial charge in [0.1, 0.15) is 0 Å². The summed E-state index contributed by atoms with van der Waals surface area (Å²) >= 11 is 1.21. The second-order valence-corrected chi connectivity index (χ2v) is 5.16. The largest absolute Gasteiger partial charge is 0.288 e. The first-order valence-electron chi connectivity index (χ1n) is 5.88. The summed E-state index contributed by atoms with van der Waals surface area (Å²) in [5.74, 6) is 0.603. The summed E-state index contributed by atoms with van der Waals surface area (Å²) < 4.78 is 0. The van der Waals surface area contributed by atoms with Crippen molar-refractivity contribution in [3.63, 3.8) is 0 Å². The summed E-state index contributed by atoms with van der Waals surface area (Å²) in [6, 6.07) is 9.91. The van der Waals surface area contributed by atoms with Gasteiger partial charge in [0.05, 0.1) is 0 Å². The third-order valence-electron chi connectivity index (χ3n) is 2.87. The van der Waals surface area contributed by atoms with Gasteiger partial charge in [-0.05, 0) is 18.1 Å². The number of allylic oxidation sites excluding steroid dienone is 1. The molecule has 0 saturated carbocycles. The third-order valence-corrected chi connectivity index (χ3v) is 3.73. The van der Waals surface area contributed by atoms with Crippen LogP contribution in [0.5, 0.6) is 0 Å². The average molecular weight is 261 g/mol. The number of rotatable bonds is 3. The molecule has 2 rings (SSSR count). The van der Waals surface area contributed by atoms with Crippen molar-refractivity contribution in [2.45, 2.75) is 13.3 Å². The number of hydrogen-bond acceptors (Lipinski definition) is 3. The molecule has 1 heterocycles. The number of benzene rings is 1. The van der Waals surface area contributed by atoms with E-state index in [-0.39, 0.29) is 17.6 Å². The summed E-state index contributed by atoms with van der Waals surface area (Å²) in [7, 11) is 0. The maximum Gasteiger partial charge on any atom is 0.288 e. The Morgan fingerprint density at radius 3 is 2.72 bits per heavy atom. The second kappa shape index (κ2) is 5.87. The number of imide groups is 1. The van der Waals surface area contributed by atoms with Crippen LogP contribution in [0.4, 0.5) is 4.79 Å². The van der Waals surface area contributed by atoms with Crippen LogP contribution in [-0.4, -0.2) is 28.3 Å². The number of carbonyl (C=O) groups is 2. The highest BCUT2D eigenvalue weighted by Crippen LogP contribution is 2.19. The fourth-order valence-corrected chi connectivity index (χ4v) is 2.59. The van der Waals surface area contributed by atoms with E-state index in [1.54, 1.807) is 0 Å². The molecule has 2 amide bonds. The van der Waals surface area contributed by atoms with Crippen LogP contribution >= 0.6 is 11.8 Å².